The summed E-state index contributed by atoms with van der Waals surface area (Å²) in [6, 6.07) is 17.1. The molecule has 0 bridgehead atoms. The molecular formula is C35H35N7O3. The lowest BCUT2D eigenvalue weighted by molar-refractivity contribution is -0.130. The van der Waals surface area contributed by atoms with Gasteiger partial charge in [0.1, 0.15) is 17.2 Å². The molecule has 6 rings (SSSR count). The molecule has 4 aromatic heterocycles. The first-order valence-corrected chi connectivity index (χ1v) is 15.3. The van der Waals surface area contributed by atoms with Crippen LogP contribution in [0.25, 0.3) is 33.3 Å². The summed E-state index contributed by atoms with van der Waals surface area (Å²) < 4.78 is 2.25. The van der Waals surface area contributed by atoms with Gasteiger partial charge in [-0.25, -0.2) is 9.97 Å². The fourth-order valence-corrected chi connectivity index (χ4v) is 5.79. The van der Waals surface area contributed by atoms with Crippen molar-refractivity contribution in [3.8, 4) is 22.5 Å². The highest BCUT2D eigenvalue weighted by atomic mass is 16.2. The van der Waals surface area contributed by atoms with Gasteiger partial charge in [0, 0.05) is 74.5 Å². The van der Waals surface area contributed by atoms with Crippen molar-refractivity contribution < 1.29 is 14.4 Å². The minimum atomic E-state index is -0.249. The topological polar surface area (TPSA) is 123 Å². The number of pyridine rings is 3. The maximum absolute atomic E-state index is 12.7. The Labute approximate surface area is 261 Å². The molecule has 0 unspecified atom stereocenters. The van der Waals surface area contributed by atoms with Crippen molar-refractivity contribution in [2.45, 2.75) is 53.1 Å². The van der Waals surface area contributed by atoms with Gasteiger partial charge in [-0.15, -0.1) is 0 Å². The minimum Gasteiger partial charge on any atom is -0.351 e. The number of benzene rings is 1. The highest BCUT2D eigenvalue weighted by Gasteiger charge is 2.26. The van der Waals surface area contributed by atoms with E-state index >= 15 is 0 Å². The van der Waals surface area contributed by atoms with Crippen LogP contribution in [0.4, 0.5) is 0 Å². The number of imidazole rings is 1. The van der Waals surface area contributed by atoms with Gasteiger partial charge in [0.05, 0.1) is 23.6 Å². The van der Waals surface area contributed by atoms with Crippen LogP contribution in [0.1, 0.15) is 65.4 Å². The van der Waals surface area contributed by atoms with Crippen LogP contribution in [-0.2, 0) is 30.7 Å². The Morgan fingerprint density at radius 2 is 1.76 bits per heavy atom. The fraction of sp³-hybridized carbons (Fsp3) is 0.286. The van der Waals surface area contributed by atoms with Gasteiger partial charge in [-0.2, -0.15) is 0 Å². The molecule has 1 aliphatic rings. The van der Waals surface area contributed by atoms with Gasteiger partial charge in [-0.05, 0) is 48.6 Å². The number of amides is 2. The highest BCUT2D eigenvalue weighted by molar-refractivity contribution is 5.97. The summed E-state index contributed by atoms with van der Waals surface area (Å²) in [6.45, 7) is 7.66. The SMILES string of the molecule is CCc1nc(-c2cccc3cc(-c4ccc(C(=O)NCCCc5cccc(C(C)=O)n5)nc4)ncc23)c2n1CCN(C(C)=O)C2. The summed E-state index contributed by atoms with van der Waals surface area (Å²) in [5.41, 5.74) is 6.11. The van der Waals surface area contributed by atoms with Crippen LogP contribution in [0, 0.1) is 0 Å². The number of aryl methyl sites for hydroxylation is 2. The minimum absolute atomic E-state index is 0.0651. The second kappa shape index (κ2) is 12.8. The number of Topliss-reactive ketones (excluding diaryl/α,β-unsaturated/α-hetero) is 1. The largest absolute Gasteiger partial charge is 0.351 e. The van der Waals surface area contributed by atoms with Gasteiger partial charge >= 0.3 is 0 Å². The van der Waals surface area contributed by atoms with Gasteiger partial charge in [-0.1, -0.05) is 31.2 Å². The maximum Gasteiger partial charge on any atom is 0.269 e. The smallest absolute Gasteiger partial charge is 0.269 e. The first kappa shape index (κ1) is 29.8. The van der Waals surface area contributed by atoms with Gasteiger partial charge in [0.15, 0.2) is 5.78 Å². The molecule has 45 heavy (non-hydrogen) atoms. The van der Waals surface area contributed by atoms with E-state index < -0.39 is 0 Å². The van der Waals surface area contributed by atoms with Crippen molar-refractivity contribution in [1.82, 2.24) is 34.7 Å². The Kier molecular flexibility index (Phi) is 8.46. The lowest BCUT2D eigenvalue weighted by Gasteiger charge is -2.28. The van der Waals surface area contributed by atoms with Gasteiger partial charge in [-0.3, -0.25) is 24.4 Å². The zero-order chi connectivity index (χ0) is 31.5. The third-order valence-electron chi connectivity index (χ3n) is 8.22. The average molecular weight is 602 g/mol. The van der Waals surface area contributed by atoms with Gasteiger partial charge in [0.2, 0.25) is 5.91 Å². The van der Waals surface area contributed by atoms with Crippen molar-refractivity contribution >= 4 is 28.4 Å². The molecule has 5 heterocycles. The fourth-order valence-electron chi connectivity index (χ4n) is 5.79. The van der Waals surface area contributed by atoms with Crippen molar-refractivity contribution in [3.05, 3.63) is 95.6 Å². The first-order chi connectivity index (χ1) is 21.8. The number of carbonyl (C=O) groups excluding carboxylic acids is 3. The summed E-state index contributed by atoms with van der Waals surface area (Å²) in [4.78, 5) is 56.8. The Bertz CT molecular complexity index is 1910. The number of hydrogen-bond donors (Lipinski definition) is 1. The van der Waals surface area contributed by atoms with Crippen molar-refractivity contribution in [1.29, 1.82) is 0 Å². The Hall–Kier alpha value is -5.25. The van der Waals surface area contributed by atoms with Crippen molar-refractivity contribution in [2.75, 3.05) is 13.1 Å². The summed E-state index contributed by atoms with van der Waals surface area (Å²) in [5, 5.41) is 4.91. The Balaban J connectivity index is 1.16. The summed E-state index contributed by atoms with van der Waals surface area (Å²) in [5.74, 6) is 0.779. The predicted octanol–water partition coefficient (Wildman–Crippen LogP) is 5.05. The van der Waals surface area contributed by atoms with Crippen LogP contribution in [0.15, 0.2) is 67.0 Å². The van der Waals surface area contributed by atoms with Crippen LogP contribution in [0.2, 0.25) is 0 Å². The predicted molar refractivity (Wildman–Crippen MR) is 172 cm³/mol. The van der Waals surface area contributed by atoms with E-state index in [1.165, 1.54) is 6.92 Å². The first-order valence-electron chi connectivity index (χ1n) is 15.3. The van der Waals surface area contributed by atoms with Crippen LogP contribution < -0.4 is 5.32 Å². The molecule has 1 N–H and O–H groups in total. The molecule has 0 spiro atoms. The molecule has 0 atom stereocenters. The number of rotatable bonds is 9. The molecule has 0 saturated carbocycles. The standard InChI is InChI=1S/C35H35N7O3/c1-4-33-40-34(32-21-41(23(3)44)16-17-42(32)33)27-11-5-8-24-18-31(38-20-28(24)27)25-13-14-30(37-19-25)35(45)36-15-7-10-26-9-6-12-29(39-26)22(2)43/h5-6,8-9,11-14,18-20H,4,7,10,15-17,21H2,1-3H3,(H,36,45). The van der Waals surface area contributed by atoms with E-state index in [1.807, 2.05) is 41.4 Å². The summed E-state index contributed by atoms with van der Waals surface area (Å²) in [7, 11) is 0. The second-order valence-electron chi connectivity index (χ2n) is 11.2. The third-order valence-corrected chi connectivity index (χ3v) is 8.22. The molecule has 0 radical (unpaired) electrons. The van der Waals surface area contributed by atoms with Crippen LogP contribution in [0.5, 0.6) is 0 Å². The molecule has 0 fully saturated rings. The number of nitrogens with zero attached hydrogens (tertiary/aromatic N) is 6. The lowest BCUT2D eigenvalue weighted by atomic mass is 10.0. The Morgan fingerprint density at radius 1 is 0.911 bits per heavy atom. The molecule has 0 aliphatic carbocycles. The quantitative estimate of drug-likeness (QED) is 0.185. The zero-order valence-corrected chi connectivity index (χ0v) is 25.7. The number of fused-ring (bicyclic) bond motifs is 2. The summed E-state index contributed by atoms with van der Waals surface area (Å²) >= 11 is 0. The molecule has 2 amide bonds. The Morgan fingerprint density at radius 3 is 2.51 bits per heavy atom. The molecule has 0 saturated heterocycles. The molecule has 1 aromatic carbocycles. The molecule has 228 valence electrons. The van der Waals surface area contributed by atoms with E-state index in [9.17, 15) is 14.4 Å². The second-order valence-corrected chi connectivity index (χ2v) is 11.2. The monoisotopic (exact) mass is 601 g/mol. The van der Waals surface area contributed by atoms with Gasteiger partial charge < -0.3 is 14.8 Å². The van der Waals surface area contributed by atoms with E-state index in [1.54, 1.807) is 25.3 Å². The van der Waals surface area contributed by atoms with E-state index in [-0.39, 0.29) is 17.6 Å². The summed E-state index contributed by atoms with van der Waals surface area (Å²) in [6.07, 6.45) is 5.69. The molecule has 10 heteroatoms. The average Bonchev–Trinajstić information content (AvgIpc) is 3.44. The van der Waals surface area contributed by atoms with Crippen LogP contribution in [0.3, 0.4) is 0 Å². The van der Waals surface area contributed by atoms with E-state index in [4.69, 9.17) is 9.97 Å². The molecule has 1 aliphatic heterocycles. The lowest BCUT2D eigenvalue weighted by Crippen LogP contribution is -2.37. The normalized spacial score (nSPS) is 12.6. The molecule has 10 nitrogen and oxygen atoms in total. The van der Waals surface area contributed by atoms with Crippen molar-refractivity contribution in [2.24, 2.45) is 0 Å². The number of carbonyl (C=O) groups is 3. The molecular weight excluding hydrogens is 566 g/mol. The van der Waals surface area contributed by atoms with Crippen LogP contribution >= 0.6 is 0 Å². The van der Waals surface area contributed by atoms with Crippen molar-refractivity contribution in [3.63, 3.8) is 0 Å². The van der Waals surface area contributed by atoms with E-state index in [0.29, 0.717) is 43.9 Å². The van der Waals surface area contributed by atoms with E-state index in [2.05, 4.69) is 38.9 Å². The number of nitrogens with one attached hydrogen (secondary N) is 1. The zero-order valence-electron chi connectivity index (χ0n) is 25.7. The van der Waals surface area contributed by atoms with E-state index in [0.717, 1.165) is 63.5 Å². The van der Waals surface area contributed by atoms with Crippen LogP contribution in [-0.4, -0.2) is 60.1 Å². The number of hydrogen-bond acceptors (Lipinski definition) is 7. The number of ketones is 1. The maximum atomic E-state index is 12.7. The highest BCUT2D eigenvalue weighted by Crippen LogP contribution is 2.34. The molecule has 5 aromatic rings. The third kappa shape index (κ3) is 6.22. The number of aromatic nitrogens is 5. The van der Waals surface area contributed by atoms with Gasteiger partial charge in [0.25, 0.3) is 5.91 Å².